The molecule has 4 nitrogen and oxygen atoms in total. The Labute approximate surface area is 127 Å². The molecule has 0 fully saturated rings. The predicted octanol–water partition coefficient (Wildman–Crippen LogP) is 4.95. The van der Waals surface area contributed by atoms with Crippen LogP contribution in [0.1, 0.15) is 0 Å². The topological polar surface area (TPSA) is 48.1 Å². The van der Waals surface area contributed by atoms with Gasteiger partial charge in [-0.25, -0.2) is 0 Å². The van der Waals surface area contributed by atoms with Gasteiger partial charge in [-0.3, -0.25) is 10.1 Å². The molecule has 20 heavy (non-hydrogen) atoms. The summed E-state index contributed by atoms with van der Waals surface area (Å²) in [5.74, 6) is 0. The SMILES string of the molecule is O=[N+]([O-])c1ccccc1-n1ccc2cc(Cl)cc(Br)c21. The van der Waals surface area contributed by atoms with Crippen molar-refractivity contribution in [3.05, 3.63) is 68.3 Å². The zero-order chi connectivity index (χ0) is 14.3. The minimum Gasteiger partial charge on any atom is -0.310 e. The highest BCUT2D eigenvalue weighted by Gasteiger charge is 2.17. The Hall–Kier alpha value is -1.85. The van der Waals surface area contributed by atoms with Crippen LogP contribution in [-0.2, 0) is 0 Å². The molecule has 3 rings (SSSR count). The lowest BCUT2D eigenvalue weighted by atomic mass is 10.2. The number of para-hydroxylation sites is 2. The van der Waals surface area contributed by atoms with Crippen molar-refractivity contribution in [2.45, 2.75) is 0 Å². The average molecular weight is 352 g/mol. The van der Waals surface area contributed by atoms with E-state index in [0.717, 1.165) is 15.4 Å². The van der Waals surface area contributed by atoms with Crippen LogP contribution in [0, 0.1) is 10.1 Å². The largest absolute Gasteiger partial charge is 0.310 e. The van der Waals surface area contributed by atoms with Gasteiger partial charge in [0, 0.05) is 27.1 Å². The van der Waals surface area contributed by atoms with Crippen molar-refractivity contribution in [3.8, 4) is 5.69 Å². The molecule has 0 aliphatic heterocycles. The number of halogens is 2. The molecule has 0 radical (unpaired) electrons. The zero-order valence-corrected chi connectivity index (χ0v) is 12.4. The van der Waals surface area contributed by atoms with Gasteiger partial charge in [-0.05, 0) is 40.2 Å². The highest BCUT2D eigenvalue weighted by molar-refractivity contribution is 9.10. The molecule has 0 aliphatic carbocycles. The molecule has 0 spiro atoms. The third kappa shape index (κ3) is 2.09. The number of fused-ring (bicyclic) bond motifs is 1. The van der Waals surface area contributed by atoms with Crippen molar-refractivity contribution >= 4 is 44.1 Å². The smallest absolute Gasteiger partial charge is 0.293 e. The van der Waals surface area contributed by atoms with Crippen molar-refractivity contribution in [2.24, 2.45) is 0 Å². The summed E-state index contributed by atoms with van der Waals surface area (Å²) in [5, 5.41) is 12.7. The minimum atomic E-state index is -0.384. The number of aromatic nitrogens is 1. The van der Waals surface area contributed by atoms with Crippen molar-refractivity contribution < 1.29 is 4.92 Å². The van der Waals surface area contributed by atoms with Gasteiger partial charge in [0.15, 0.2) is 0 Å². The lowest BCUT2D eigenvalue weighted by Crippen LogP contribution is -1.98. The third-order valence-corrected chi connectivity index (χ3v) is 3.86. The van der Waals surface area contributed by atoms with E-state index in [1.165, 1.54) is 6.07 Å². The second-order valence-corrected chi connectivity index (χ2v) is 5.55. The summed E-state index contributed by atoms with van der Waals surface area (Å²) in [6.45, 7) is 0. The summed E-state index contributed by atoms with van der Waals surface area (Å²) in [4.78, 5) is 10.8. The third-order valence-electron chi connectivity index (χ3n) is 3.04. The van der Waals surface area contributed by atoms with Crippen LogP contribution >= 0.6 is 27.5 Å². The maximum absolute atomic E-state index is 11.2. The van der Waals surface area contributed by atoms with Crippen LogP contribution in [0.25, 0.3) is 16.6 Å². The molecule has 0 unspecified atom stereocenters. The van der Waals surface area contributed by atoms with Crippen LogP contribution in [0.2, 0.25) is 5.02 Å². The van der Waals surface area contributed by atoms with Gasteiger partial charge in [-0.15, -0.1) is 0 Å². The first-order chi connectivity index (χ1) is 9.58. The molecule has 0 saturated heterocycles. The lowest BCUT2D eigenvalue weighted by Gasteiger charge is -2.08. The van der Waals surface area contributed by atoms with E-state index < -0.39 is 0 Å². The predicted molar refractivity (Wildman–Crippen MR) is 82.6 cm³/mol. The van der Waals surface area contributed by atoms with Crippen LogP contribution in [0.15, 0.2) is 53.1 Å². The van der Waals surface area contributed by atoms with E-state index in [1.54, 1.807) is 35.0 Å². The number of nitro groups is 1. The van der Waals surface area contributed by atoms with E-state index in [0.29, 0.717) is 10.7 Å². The molecule has 0 aliphatic rings. The fourth-order valence-corrected chi connectivity index (χ4v) is 3.24. The minimum absolute atomic E-state index is 0.0619. The summed E-state index contributed by atoms with van der Waals surface area (Å²) < 4.78 is 2.58. The molecular weight excluding hydrogens is 344 g/mol. The van der Waals surface area contributed by atoms with Crippen molar-refractivity contribution in [1.29, 1.82) is 0 Å². The molecule has 0 amide bonds. The molecule has 0 N–H and O–H groups in total. The normalized spacial score (nSPS) is 10.9. The Bertz CT molecular complexity index is 829. The van der Waals surface area contributed by atoms with E-state index in [4.69, 9.17) is 11.6 Å². The zero-order valence-electron chi connectivity index (χ0n) is 10.1. The monoisotopic (exact) mass is 350 g/mol. The highest BCUT2D eigenvalue weighted by Crippen LogP contribution is 2.33. The Balaban J connectivity index is 2.34. The molecule has 1 aromatic heterocycles. The molecule has 3 aromatic rings. The fourth-order valence-electron chi connectivity index (χ4n) is 2.22. The summed E-state index contributed by atoms with van der Waals surface area (Å²) in [5.41, 5.74) is 1.44. The van der Waals surface area contributed by atoms with E-state index in [1.807, 2.05) is 12.1 Å². The first-order valence-corrected chi connectivity index (χ1v) is 6.95. The number of hydrogen-bond acceptors (Lipinski definition) is 2. The summed E-state index contributed by atoms with van der Waals surface area (Å²) in [7, 11) is 0. The van der Waals surface area contributed by atoms with Gasteiger partial charge in [0.2, 0.25) is 0 Å². The van der Waals surface area contributed by atoms with Gasteiger partial charge in [0.1, 0.15) is 5.69 Å². The molecule has 1 heterocycles. The Morgan fingerprint density at radius 1 is 1.20 bits per heavy atom. The van der Waals surface area contributed by atoms with E-state index in [2.05, 4.69) is 15.9 Å². The van der Waals surface area contributed by atoms with Gasteiger partial charge in [0.25, 0.3) is 5.69 Å². The van der Waals surface area contributed by atoms with E-state index in [-0.39, 0.29) is 10.6 Å². The number of rotatable bonds is 2. The van der Waals surface area contributed by atoms with Crippen LogP contribution in [0.5, 0.6) is 0 Å². The van der Waals surface area contributed by atoms with Crippen molar-refractivity contribution in [2.75, 3.05) is 0 Å². The fraction of sp³-hybridized carbons (Fsp3) is 0. The average Bonchev–Trinajstić information content (AvgIpc) is 2.82. The van der Waals surface area contributed by atoms with Crippen molar-refractivity contribution in [1.82, 2.24) is 4.57 Å². The van der Waals surface area contributed by atoms with E-state index in [9.17, 15) is 10.1 Å². The maximum Gasteiger partial charge on any atom is 0.293 e. The van der Waals surface area contributed by atoms with Crippen molar-refractivity contribution in [3.63, 3.8) is 0 Å². The van der Waals surface area contributed by atoms with Gasteiger partial charge < -0.3 is 4.57 Å². The maximum atomic E-state index is 11.2. The molecular formula is C14H8BrClN2O2. The lowest BCUT2D eigenvalue weighted by molar-refractivity contribution is -0.384. The number of benzene rings is 2. The van der Waals surface area contributed by atoms with Gasteiger partial charge >= 0.3 is 0 Å². The van der Waals surface area contributed by atoms with E-state index >= 15 is 0 Å². The summed E-state index contributed by atoms with van der Waals surface area (Å²) >= 11 is 9.47. The van der Waals surface area contributed by atoms with Crippen LogP contribution in [0.3, 0.4) is 0 Å². The van der Waals surface area contributed by atoms with Crippen LogP contribution < -0.4 is 0 Å². The first kappa shape index (κ1) is 13.1. The van der Waals surface area contributed by atoms with Gasteiger partial charge in [-0.2, -0.15) is 0 Å². The van der Waals surface area contributed by atoms with Gasteiger partial charge in [-0.1, -0.05) is 23.7 Å². The highest BCUT2D eigenvalue weighted by atomic mass is 79.9. The molecule has 2 aromatic carbocycles. The Morgan fingerprint density at radius 3 is 2.70 bits per heavy atom. The van der Waals surface area contributed by atoms with Crippen LogP contribution in [-0.4, -0.2) is 9.49 Å². The first-order valence-electron chi connectivity index (χ1n) is 5.78. The summed E-state index contributed by atoms with van der Waals surface area (Å²) in [6, 6.07) is 12.1. The number of hydrogen-bond donors (Lipinski definition) is 0. The Morgan fingerprint density at radius 2 is 1.95 bits per heavy atom. The van der Waals surface area contributed by atoms with Crippen LogP contribution in [0.4, 0.5) is 5.69 Å². The molecule has 0 atom stereocenters. The molecule has 100 valence electrons. The molecule has 0 saturated carbocycles. The number of nitrogens with zero attached hydrogens (tertiary/aromatic N) is 2. The number of nitro benzene ring substituents is 1. The van der Waals surface area contributed by atoms with Gasteiger partial charge in [0.05, 0.1) is 10.4 Å². The quantitative estimate of drug-likeness (QED) is 0.484. The summed E-state index contributed by atoms with van der Waals surface area (Å²) in [6.07, 6.45) is 1.80. The Kier molecular flexibility index (Phi) is 3.23. The second-order valence-electron chi connectivity index (χ2n) is 4.26. The second kappa shape index (κ2) is 4.92. The molecule has 0 bridgehead atoms. The standard InChI is InChI=1S/C14H8BrClN2O2/c15-11-8-10(16)7-9-5-6-17(14(9)11)12-3-1-2-4-13(12)18(19)20/h1-8H. The molecule has 6 heteroatoms.